The molecule has 10 nitrogen and oxygen atoms in total. The fourth-order valence-corrected chi connectivity index (χ4v) is 4.26. The first-order valence-corrected chi connectivity index (χ1v) is 13.8. The van der Waals surface area contributed by atoms with E-state index < -0.39 is 33.8 Å². The molecule has 1 aromatic heterocycles. The average Bonchev–Trinajstić information content (AvgIpc) is 3.31. The number of amides is 1. The van der Waals surface area contributed by atoms with Gasteiger partial charge >= 0.3 is 5.97 Å². The predicted octanol–water partition coefficient (Wildman–Crippen LogP) is 0.771. The summed E-state index contributed by atoms with van der Waals surface area (Å²) in [6, 6.07) is 7.55. The van der Waals surface area contributed by atoms with Gasteiger partial charge in [-0.2, -0.15) is 0 Å². The van der Waals surface area contributed by atoms with Crippen molar-refractivity contribution in [1.29, 1.82) is 0 Å². The van der Waals surface area contributed by atoms with Gasteiger partial charge in [0.05, 0.1) is 23.8 Å². The molecule has 3 atom stereocenters. The molecule has 35 heavy (non-hydrogen) atoms. The zero-order chi connectivity index (χ0) is 25.8. The standard InChI is InChI=1S/C24H37N5O5S/c1-17(2)22(26-11-9-19-14-25-16-28-19)15-27-21(13-18-7-5-4-6-8-18)23(30)29-20(24(31)32)10-12-35(3,33)34/h4-8,14,16-17,20-22,26-27H,9-13,15H2,1-3H3,(H,25,28)(H,29,30)(H,31,32)/t20-,21-,22?/m0/s1. The monoisotopic (exact) mass is 507 g/mol. The second kappa shape index (κ2) is 14.0. The van der Waals surface area contributed by atoms with Gasteiger partial charge in [0.15, 0.2) is 0 Å². The van der Waals surface area contributed by atoms with Crippen LogP contribution in [0.2, 0.25) is 0 Å². The van der Waals surface area contributed by atoms with E-state index in [0.717, 1.165) is 30.5 Å². The van der Waals surface area contributed by atoms with Crippen molar-refractivity contribution in [2.75, 3.05) is 25.1 Å². The third-order valence-electron chi connectivity index (χ3n) is 5.72. The van der Waals surface area contributed by atoms with E-state index in [9.17, 15) is 23.1 Å². The van der Waals surface area contributed by atoms with E-state index in [0.29, 0.717) is 13.0 Å². The van der Waals surface area contributed by atoms with Crippen LogP contribution in [-0.4, -0.2) is 78.6 Å². The largest absolute Gasteiger partial charge is 0.480 e. The lowest BCUT2D eigenvalue weighted by atomic mass is 10.0. The quantitative estimate of drug-likeness (QED) is 0.223. The number of aliphatic carboxylic acids is 1. The normalized spacial score (nSPS) is 14.4. The molecule has 0 saturated heterocycles. The molecule has 1 aromatic carbocycles. The molecule has 0 aliphatic heterocycles. The number of hydrogen-bond acceptors (Lipinski definition) is 7. The number of imidazole rings is 1. The molecule has 0 fully saturated rings. The lowest BCUT2D eigenvalue weighted by molar-refractivity contribution is -0.142. The van der Waals surface area contributed by atoms with Crippen LogP contribution in [0.5, 0.6) is 0 Å². The highest BCUT2D eigenvalue weighted by Gasteiger charge is 2.27. The second-order valence-corrected chi connectivity index (χ2v) is 11.3. The van der Waals surface area contributed by atoms with E-state index in [1.807, 2.05) is 36.5 Å². The zero-order valence-electron chi connectivity index (χ0n) is 20.5. The van der Waals surface area contributed by atoms with Gasteiger partial charge in [0, 0.05) is 38.0 Å². The first-order valence-electron chi connectivity index (χ1n) is 11.7. The van der Waals surface area contributed by atoms with E-state index >= 15 is 0 Å². The van der Waals surface area contributed by atoms with Crippen LogP contribution >= 0.6 is 0 Å². The van der Waals surface area contributed by atoms with Crippen molar-refractivity contribution < 1.29 is 23.1 Å². The first kappa shape index (κ1) is 28.5. The Labute approximate surface area is 207 Å². The van der Waals surface area contributed by atoms with Gasteiger partial charge in [0.1, 0.15) is 15.9 Å². The summed E-state index contributed by atoms with van der Waals surface area (Å²) in [6.45, 7) is 5.39. The van der Waals surface area contributed by atoms with Gasteiger partial charge < -0.3 is 26.0 Å². The maximum atomic E-state index is 13.1. The van der Waals surface area contributed by atoms with Crippen LogP contribution in [0.3, 0.4) is 0 Å². The average molecular weight is 508 g/mol. The van der Waals surface area contributed by atoms with E-state index in [-0.39, 0.29) is 24.1 Å². The highest BCUT2D eigenvalue weighted by molar-refractivity contribution is 7.90. The first-order chi connectivity index (χ1) is 16.5. The molecule has 1 amide bonds. The highest BCUT2D eigenvalue weighted by atomic mass is 32.2. The Hall–Kier alpha value is -2.76. The van der Waals surface area contributed by atoms with Crippen LogP contribution in [0.4, 0.5) is 0 Å². The number of carbonyl (C=O) groups excluding carboxylic acids is 1. The van der Waals surface area contributed by atoms with Crippen molar-refractivity contribution in [3.8, 4) is 0 Å². The minimum Gasteiger partial charge on any atom is -0.480 e. The van der Waals surface area contributed by atoms with Gasteiger partial charge in [0.2, 0.25) is 5.91 Å². The highest BCUT2D eigenvalue weighted by Crippen LogP contribution is 2.07. The van der Waals surface area contributed by atoms with Crippen molar-refractivity contribution >= 4 is 21.7 Å². The molecular weight excluding hydrogens is 470 g/mol. The van der Waals surface area contributed by atoms with Crippen LogP contribution in [0.15, 0.2) is 42.9 Å². The number of benzene rings is 1. The molecule has 1 heterocycles. The molecule has 0 radical (unpaired) electrons. The van der Waals surface area contributed by atoms with Crippen molar-refractivity contribution in [3.05, 3.63) is 54.1 Å². The number of aromatic nitrogens is 2. The fraction of sp³-hybridized carbons (Fsp3) is 0.542. The van der Waals surface area contributed by atoms with Crippen LogP contribution in [0.25, 0.3) is 0 Å². The lowest BCUT2D eigenvalue weighted by Gasteiger charge is -2.27. The number of aromatic amines is 1. The molecule has 0 bridgehead atoms. The van der Waals surface area contributed by atoms with Gasteiger partial charge in [-0.25, -0.2) is 18.2 Å². The Kier molecular flexibility index (Phi) is 11.4. The minimum atomic E-state index is -3.36. The third-order valence-corrected chi connectivity index (χ3v) is 6.70. The molecule has 5 N–H and O–H groups in total. The topological polar surface area (TPSA) is 153 Å². The van der Waals surface area contributed by atoms with Crippen molar-refractivity contribution in [2.24, 2.45) is 5.92 Å². The minimum absolute atomic E-state index is 0.0699. The van der Waals surface area contributed by atoms with Crippen molar-refractivity contribution in [3.63, 3.8) is 0 Å². The lowest BCUT2D eigenvalue weighted by Crippen LogP contribution is -2.54. The molecule has 0 spiro atoms. The van der Waals surface area contributed by atoms with Crippen LogP contribution in [-0.2, 0) is 32.3 Å². The molecule has 11 heteroatoms. The number of nitrogens with one attached hydrogen (secondary N) is 4. The van der Waals surface area contributed by atoms with Crippen LogP contribution in [0, 0.1) is 5.92 Å². The van der Waals surface area contributed by atoms with Crippen molar-refractivity contribution in [1.82, 2.24) is 25.9 Å². The number of carboxylic acids is 1. The third kappa shape index (κ3) is 11.0. The summed E-state index contributed by atoms with van der Waals surface area (Å²) in [5, 5.41) is 18.8. The van der Waals surface area contributed by atoms with Gasteiger partial charge in [0.25, 0.3) is 0 Å². The molecule has 0 aliphatic rings. The smallest absolute Gasteiger partial charge is 0.326 e. The Balaban J connectivity index is 2.05. The molecule has 1 unspecified atom stereocenters. The molecule has 2 aromatic rings. The SMILES string of the molecule is CC(C)C(CN[C@@H](Cc1ccccc1)C(=O)N[C@@H](CCS(C)(=O)=O)C(=O)O)NCCc1c[nH]cn1. The number of carbonyl (C=O) groups is 2. The summed E-state index contributed by atoms with van der Waals surface area (Å²) in [6.07, 6.45) is 5.47. The fourth-order valence-electron chi connectivity index (χ4n) is 3.60. The molecule has 0 saturated carbocycles. The Bertz CT molecular complexity index is 1010. The van der Waals surface area contributed by atoms with Gasteiger partial charge in [-0.1, -0.05) is 44.2 Å². The van der Waals surface area contributed by atoms with Crippen LogP contribution < -0.4 is 16.0 Å². The number of hydrogen-bond donors (Lipinski definition) is 5. The number of rotatable bonds is 16. The van der Waals surface area contributed by atoms with Gasteiger partial charge in [-0.05, 0) is 24.3 Å². The number of H-pyrrole nitrogens is 1. The number of sulfone groups is 1. The van der Waals surface area contributed by atoms with E-state index in [2.05, 4.69) is 39.8 Å². The van der Waals surface area contributed by atoms with E-state index in [1.54, 1.807) is 6.33 Å². The predicted molar refractivity (Wildman–Crippen MR) is 135 cm³/mol. The van der Waals surface area contributed by atoms with Crippen molar-refractivity contribution in [2.45, 2.75) is 51.2 Å². The summed E-state index contributed by atoms with van der Waals surface area (Å²) in [5.41, 5.74) is 1.89. The maximum Gasteiger partial charge on any atom is 0.326 e. The summed E-state index contributed by atoms with van der Waals surface area (Å²) >= 11 is 0. The number of nitrogens with zero attached hydrogens (tertiary/aromatic N) is 1. The Morgan fingerprint density at radius 3 is 2.40 bits per heavy atom. The molecule has 2 rings (SSSR count). The summed E-state index contributed by atoms with van der Waals surface area (Å²) < 4.78 is 23.0. The van der Waals surface area contributed by atoms with Gasteiger partial charge in [-0.15, -0.1) is 0 Å². The maximum absolute atomic E-state index is 13.1. The summed E-state index contributed by atoms with van der Waals surface area (Å²) in [5.74, 6) is -1.78. The molecular formula is C24H37N5O5S. The van der Waals surface area contributed by atoms with Crippen LogP contribution in [0.1, 0.15) is 31.5 Å². The second-order valence-electron chi connectivity index (χ2n) is 9.08. The molecule has 194 valence electrons. The summed E-state index contributed by atoms with van der Waals surface area (Å²) in [7, 11) is -3.36. The van der Waals surface area contributed by atoms with E-state index in [4.69, 9.17) is 0 Å². The Morgan fingerprint density at radius 1 is 1.11 bits per heavy atom. The number of carboxylic acid groups (broad SMARTS) is 1. The van der Waals surface area contributed by atoms with Gasteiger partial charge in [-0.3, -0.25) is 4.79 Å². The van der Waals surface area contributed by atoms with E-state index in [1.165, 1.54) is 0 Å². The Morgan fingerprint density at radius 2 is 1.83 bits per heavy atom. The molecule has 0 aliphatic carbocycles. The summed E-state index contributed by atoms with van der Waals surface area (Å²) in [4.78, 5) is 31.9. The zero-order valence-corrected chi connectivity index (χ0v) is 21.3.